The predicted octanol–water partition coefficient (Wildman–Crippen LogP) is 1.96. The highest BCUT2D eigenvalue weighted by Crippen LogP contribution is 2.32. The maximum absolute atomic E-state index is 6.09. The van der Waals surface area contributed by atoms with E-state index in [-0.39, 0.29) is 6.04 Å². The van der Waals surface area contributed by atoms with Crippen LogP contribution in [0.25, 0.3) is 21.6 Å². The summed E-state index contributed by atoms with van der Waals surface area (Å²) in [5.74, 6) is 1.06. The number of ether oxygens (including phenoxy) is 1. The van der Waals surface area contributed by atoms with Crippen LogP contribution in [0.3, 0.4) is 0 Å². The van der Waals surface area contributed by atoms with Crippen molar-refractivity contribution in [3.8, 4) is 11.4 Å². The van der Waals surface area contributed by atoms with Gasteiger partial charge >= 0.3 is 0 Å². The van der Waals surface area contributed by atoms with Gasteiger partial charge in [0.25, 0.3) is 0 Å². The highest BCUT2D eigenvalue weighted by molar-refractivity contribution is 7.17. The summed E-state index contributed by atoms with van der Waals surface area (Å²) < 4.78 is 12.0. The molecule has 1 saturated heterocycles. The Labute approximate surface area is 124 Å². The van der Waals surface area contributed by atoms with Crippen molar-refractivity contribution < 1.29 is 9.26 Å². The van der Waals surface area contributed by atoms with E-state index >= 15 is 0 Å². The highest BCUT2D eigenvalue weighted by Gasteiger charge is 2.44. The SMILES string of the molecule is CC1(c2nc(-c3cnc4ccsc4c3)no2)COCC1N. The van der Waals surface area contributed by atoms with E-state index in [0.717, 1.165) is 15.8 Å². The molecule has 21 heavy (non-hydrogen) atoms. The smallest absolute Gasteiger partial charge is 0.236 e. The lowest BCUT2D eigenvalue weighted by atomic mass is 9.86. The molecule has 7 heteroatoms. The number of hydrogen-bond acceptors (Lipinski definition) is 7. The largest absolute Gasteiger partial charge is 0.379 e. The van der Waals surface area contributed by atoms with E-state index in [1.54, 1.807) is 17.5 Å². The second kappa shape index (κ2) is 4.59. The summed E-state index contributed by atoms with van der Waals surface area (Å²) in [4.78, 5) is 8.90. The van der Waals surface area contributed by atoms with Crippen molar-refractivity contribution in [3.63, 3.8) is 0 Å². The van der Waals surface area contributed by atoms with E-state index < -0.39 is 5.41 Å². The average Bonchev–Trinajstić information content (AvgIpc) is 3.19. The molecular formula is C14H14N4O2S. The van der Waals surface area contributed by atoms with Gasteiger partial charge in [-0.05, 0) is 24.4 Å². The summed E-state index contributed by atoms with van der Waals surface area (Å²) in [6.45, 7) is 3.00. The van der Waals surface area contributed by atoms with Gasteiger partial charge in [0.05, 0.1) is 28.8 Å². The van der Waals surface area contributed by atoms with Crippen LogP contribution in [0.4, 0.5) is 0 Å². The number of hydrogen-bond donors (Lipinski definition) is 1. The van der Waals surface area contributed by atoms with Crippen LogP contribution < -0.4 is 5.73 Å². The van der Waals surface area contributed by atoms with Crippen LogP contribution in [0, 0.1) is 0 Å². The Morgan fingerprint density at radius 2 is 2.38 bits per heavy atom. The summed E-state index contributed by atoms with van der Waals surface area (Å²) in [6, 6.07) is 3.87. The summed E-state index contributed by atoms with van der Waals surface area (Å²) in [5, 5.41) is 6.08. The molecule has 2 N–H and O–H groups in total. The molecule has 0 radical (unpaired) electrons. The van der Waals surface area contributed by atoms with Gasteiger partial charge in [-0.2, -0.15) is 4.98 Å². The van der Waals surface area contributed by atoms with Crippen molar-refractivity contribution >= 4 is 21.6 Å². The molecule has 0 aliphatic carbocycles. The number of aromatic nitrogens is 3. The van der Waals surface area contributed by atoms with Gasteiger partial charge in [0.1, 0.15) is 0 Å². The van der Waals surface area contributed by atoms with E-state index in [1.165, 1.54) is 0 Å². The van der Waals surface area contributed by atoms with Crippen LogP contribution in [0.15, 0.2) is 28.2 Å². The van der Waals surface area contributed by atoms with Gasteiger partial charge in [0.2, 0.25) is 11.7 Å². The second-order valence-electron chi connectivity index (χ2n) is 5.49. The lowest BCUT2D eigenvalue weighted by Crippen LogP contribution is -2.42. The molecule has 0 bridgehead atoms. The van der Waals surface area contributed by atoms with Crippen molar-refractivity contribution in [3.05, 3.63) is 29.6 Å². The van der Waals surface area contributed by atoms with Crippen LogP contribution in [0.5, 0.6) is 0 Å². The number of rotatable bonds is 2. The maximum atomic E-state index is 6.09. The van der Waals surface area contributed by atoms with E-state index in [9.17, 15) is 0 Å². The Kier molecular flexibility index (Phi) is 2.81. The number of fused-ring (bicyclic) bond motifs is 1. The number of pyridine rings is 1. The van der Waals surface area contributed by atoms with Crippen molar-refractivity contribution in [2.45, 2.75) is 18.4 Å². The highest BCUT2D eigenvalue weighted by atomic mass is 32.1. The molecule has 1 aliphatic rings. The minimum absolute atomic E-state index is 0.135. The Hall–Kier alpha value is -1.83. The van der Waals surface area contributed by atoms with E-state index in [0.29, 0.717) is 24.9 Å². The molecule has 108 valence electrons. The minimum atomic E-state index is -0.425. The first-order valence-corrected chi connectivity index (χ1v) is 7.56. The second-order valence-corrected chi connectivity index (χ2v) is 6.44. The molecule has 0 spiro atoms. The monoisotopic (exact) mass is 302 g/mol. The third kappa shape index (κ3) is 1.97. The summed E-state index contributed by atoms with van der Waals surface area (Å²) in [7, 11) is 0. The van der Waals surface area contributed by atoms with Crippen molar-refractivity contribution in [2.24, 2.45) is 5.73 Å². The van der Waals surface area contributed by atoms with Crippen LogP contribution >= 0.6 is 11.3 Å². The van der Waals surface area contributed by atoms with Gasteiger partial charge in [-0.15, -0.1) is 11.3 Å². The molecule has 0 aromatic carbocycles. The molecule has 1 fully saturated rings. The van der Waals surface area contributed by atoms with Gasteiger partial charge < -0.3 is 15.0 Å². The molecule has 4 heterocycles. The van der Waals surface area contributed by atoms with Gasteiger partial charge in [-0.1, -0.05) is 5.16 Å². The first kappa shape index (κ1) is 12.9. The van der Waals surface area contributed by atoms with Crippen LogP contribution in [0.1, 0.15) is 12.8 Å². The number of nitrogens with zero attached hydrogens (tertiary/aromatic N) is 3. The summed E-state index contributed by atoms with van der Waals surface area (Å²) >= 11 is 1.64. The lowest BCUT2D eigenvalue weighted by molar-refractivity contribution is 0.169. The molecule has 2 atom stereocenters. The molecule has 4 rings (SSSR count). The topological polar surface area (TPSA) is 87.1 Å². The summed E-state index contributed by atoms with van der Waals surface area (Å²) in [5.41, 5.74) is 7.49. The molecule has 0 saturated carbocycles. The molecule has 3 aromatic rings. The van der Waals surface area contributed by atoms with Crippen LogP contribution in [-0.2, 0) is 10.2 Å². The Morgan fingerprint density at radius 3 is 3.19 bits per heavy atom. The standard InChI is InChI=1S/C14H14N4O2S/c1-14(7-19-6-11(14)15)13-17-12(18-20-13)8-4-10-9(16-5-8)2-3-21-10/h2-5,11H,6-7,15H2,1H3. The molecule has 6 nitrogen and oxygen atoms in total. The first-order chi connectivity index (χ1) is 10.2. The first-order valence-electron chi connectivity index (χ1n) is 6.68. The molecule has 1 aliphatic heterocycles. The Morgan fingerprint density at radius 1 is 1.48 bits per heavy atom. The van der Waals surface area contributed by atoms with Crippen molar-refractivity contribution in [1.29, 1.82) is 0 Å². The normalized spacial score (nSPS) is 25.7. The van der Waals surface area contributed by atoms with E-state index in [4.69, 9.17) is 15.0 Å². The number of thiophene rings is 1. The average molecular weight is 302 g/mol. The summed E-state index contributed by atoms with van der Waals surface area (Å²) in [6.07, 6.45) is 1.76. The van der Waals surface area contributed by atoms with Gasteiger partial charge in [-0.25, -0.2) is 0 Å². The lowest BCUT2D eigenvalue weighted by Gasteiger charge is -2.21. The zero-order chi connectivity index (χ0) is 14.4. The fourth-order valence-electron chi connectivity index (χ4n) is 2.45. The number of nitrogens with two attached hydrogens (primary N) is 1. The van der Waals surface area contributed by atoms with E-state index in [2.05, 4.69) is 15.1 Å². The molecule has 3 aromatic heterocycles. The van der Waals surface area contributed by atoms with Gasteiger partial charge in [-0.3, -0.25) is 4.98 Å². The van der Waals surface area contributed by atoms with E-state index in [1.807, 2.05) is 24.4 Å². The Bertz CT molecular complexity index is 799. The van der Waals surface area contributed by atoms with Crippen LogP contribution in [0.2, 0.25) is 0 Å². The molecule has 0 amide bonds. The van der Waals surface area contributed by atoms with Gasteiger partial charge in [0.15, 0.2) is 0 Å². The van der Waals surface area contributed by atoms with Crippen molar-refractivity contribution in [2.75, 3.05) is 13.2 Å². The predicted molar refractivity (Wildman–Crippen MR) is 79.1 cm³/mol. The fraction of sp³-hybridized carbons (Fsp3) is 0.357. The zero-order valence-electron chi connectivity index (χ0n) is 11.4. The minimum Gasteiger partial charge on any atom is -0.379 e. The zero-order valence-corrected chi connectivity index (χ0v) is 12.3. The third-order valence-corrected chi connectivity index (χ3v) is 4.85. The van der Waals surface area contributed by atoms with Crippen molar-refractivity contribution in [1.82, 2.24) is 15.1 Å². The molecular weight excluding hydrogens is 288 g/mol. The van der Waals surface area contributed by atoms with Crippen LogP contribution in [-0.4, -0.2) is 34.4 Å². The van der Waals surface area contributed by atoms with Gasteiger partial charge in [0, 0.05) is 17.8 Å². The maximum Gasteiger partial charge on any atom is 0.236 e. The Balaban J connectivity index is 1.73. The molecule has 2 unspecified atom stereocenters. The third-order valence-electron chi connectivity index (χ3n) is 3.99. The quantitative estimate of drug-likeness (QED) is 0.778. The fourth-order valence-corrected chi connectivity index (χ4v) is 3.23.